The van der Waals surface area contributed by atoms with Crippen LogP contribution in [0.3, 0.4) is 0 Å². The quantitative estimate of drug-likeness (QED) is 0.745. The van der Waals surface area contributed by atoms with Crippen molar-refractivity contribution in [1.29, 1.82) is 0 Å². The number of hydrogen-bond donors (Lipinski definition) is 3. The summed E-state index contributed by atoms with van der Waals surface area (Å²) in [6.07, 6.45) is 0. The summed E-state index contributed by atoms with van der Waals surface area (Å²) in [5.74, 6) is -0.187. The maximum absolute atomic E-state index is 10.8. The smallest absolute Gasteiger partial charge is 0.335 e. The number of methoxy groups -OCH3 is 1. The molecule has 0 spiro atoms. The van der Waals surface area contributed by atoms with Crippen molar-refractivity contribution in [3.05, 3.63) is 47.5 Å². The Hall–Kier alpha value is -2.69. The van der Waals surface area contributed by atoms with Crippen LogP contribution in [0.2, 0.25) is 0 Å². The van der Waals surface area contributed by atoms with E-state index in [1.165, 1.54) is 12.1 Å². The first-order valence-corrected chi connectivity index (χ1v) is 6.05. The second-order valence-corrected chi connectivity index (χ2v) is 4.42. The van der Waals surface area contributed by atoms with Crippen molar-refractivity contribution in [2.75, 3.05) is 18.2 Å². The molecule has 5 heteroatoms. The van der Waals surface area contributed by atoms with Gasteiger partial charge in [0.2, 0.25) is 0 Å². The zero-order valence-electron chi connectivity index (χ0n) is 11.3. The number of aromatic carboxylic acids is 1. The molecule has 20 heavy (non-hydrogen) atoms. The summed E-state index contributed by atoms with van der Waals surface area (Å²) in [6, 6.07) is 10.3. The third-order valence-corrected chi connectivity index (χ3v) is 2.97. The lowest BCUT2D eigenvalue weighted by molar-refractivity contribution is 0.0697. The summed E-state index contributed by atoms with van der Waals surface area (Å²) in [4.78, 5) is 10.8. The lowest BCUT2D eigenvalue weighted by Crippen LogP contribution is -2.01. The van der Waals surface area contributed by atoms with Crippen molar-refractivity contribution in [3.63, 3.8) is 0 Å². The number of ether oxygens (including phenoxy) is 1. The summed E-state index contributed by atoms with van der Waals surface area (Å²) < 4.78 is 5.20. The molecular weight excluding hydrogens is 256 g/mol. The molecule has 104 valence electrons. The van der Waals surface area contributed by atoms with Gasteiger partial charge in [0.05, 0.1) is 24.0 Å². The van der Waals surface area contributed by atoms with Crippen LogP contribution in [-0.4, -0.2) is 18.2 Å². The van der Waals surface area contributed by atoms with Gasteiger partial charge in [-0.1, -0.05) is 0 Å². The van der Waals surface area contributed by atoms with E-state index in [1.54, 1.807) is 13.2 Å². The average Bonchev–Trinajstić information content (AvgIpc) is 2.41. The van der Waals surface area contributed by atoms with Gasteiger partial charge in [0.25, 0.3) is 0 Å². The van der Waals surface area contributed by atoms with E-state index in [0.29, 0.717) is 11.4 Å². The van der Waals surface area contributed by atoms with Gasteiger partial charge in [-0.3, -0.25) is 0 Å². The fourth-order valence-electron chi connectivity index (χ4n) is 1.92. The van der Waals surface area contributed by atoms with Crippen molar-refractivity contribution < 1.29 is 14.6 Å². The fraction of sp³-hybridized carbons (Fsp3) is 0.133. The average molecular weight is 272 g/mol. The number of carbonyl (C=O) groups is 1. The van der Waals surface area contributed by atoms with Crippen LogP contribution < -0.4 is 15.8 Å². The van der Waals surface area contributed by atoms with Crippen LogP contribution in [0.15, 0.2) is 36.4 Å². The summed E-state index contributed by atoms with van der Waals surface area (Å²) in [5.41, 5.74) is 8.93. The highest BCUT2D eigenvalue weighted by atomic mass is 16.5. The normalized spacial score (nSPS) is 10.1. The van der Waals surface area contributed by atoms with Gasteiger partial charge in [-0.15, -0.1) is 0 Å². The number of hydrogen-bond acceptors (Lipinski definition) is 4. The Kier molecular flexibility index (Phi) is 3.79. The largest absolute Gasteiger partial charge is 0.496 e. The first kappa shape index (κ1) is 13.7. The Bertz CT molecular complexity index is 654. The van der Waals surface area contributed by atoms with E-state index >= 15 is 0 Å². The zero-order chi connectivity index (χ0) is 14.7. The minimum atomic E-state index is -0.997. The van der Waals surface area contributed by atoms with Gasteiger partial charge in [0.15, 0.2) is 0 Å². The Morgan fingerprint density at radius 1 is 1.25 bits per heavy atom. The van der Waals surface area contributed by atoms with Crippen LogP contribution in [0.4, 0.5) is 17.1 Å². The lowest BCUT2D eigenvalue weighted by atomic mass is 10.1. The molecule has 0 atom stereocenters. The van der Waals surface area contributed by atoms with Crippen LogP contribution in [0, 0.1) is 6.92 Å². The summed E-state index contributed by atoms with van der Waals surface area (Å²) in [6.45, 7) is 1.95. The van der Waals surface area contributed by atoms with Gasteiger partial charge in [0, 0.05) is 5.69 Å². The van der Waals surface area contributed by atoms with E-state index in [0.717, 1.165) is 17.0 Å². The number of benzene rings is 2. The highest BCUT2D eigenvalue weighted by molar-refractivity contribution is 5.90. The lowest BCUT2D eigenvalue weighted by Gasteiger charge is -2.12. The molecular formula is C15H16N2O3. The molecule has 0 saturated heterocycles. The van der Waals surface area contributed by atoms with E-state index in [9.17, 15) is 4.79 Å². The molecule has 2 aromatic rings. The number of carboxylic acids is 1. The number of rotatable bonds is 4. The van der Waals surface area contributed by atoms with Gasteiger partial charge in [-0.05, 0) is 48.9 Å². The minimum Gasteiger partial charge on any atom is -0.496 e. The van der Waals surface area contributed by atoms with Crippen LogP contribution in [-0.2, 0) is 0 Å². The Labute approximate surface area is 117 Å². The van der Waals surface area contributed by atoms with Gasteiger partial charge in [0.1, 0.15) is 5.75 Å². The van der Waals surface area contributed by atoms with Gasteiger partial charge in [-0.25, -0.2) is 4.79 Å². The number of nitrogens with one attached hydrogen (secondary N) is 1. The Morgan fingerprint density at radius 3 is 2.55 bits per heavy atom. The van der Waals surface area contributed by atoms with Crippen LogP contribution >= 0.6 is 0 Å². The maximum Gasteiger partial charge on any atom is 0.335 e. The van der Waals surface area contributed by atoms with Crippen molar-refractivity contribution >= 4 is 23.0 Å². The van der Waals surface area contributed by atoms with Crippen molar-refractivity contribution in [2.24, 2.45) is 0 Å². The maximum atomic E-state index is 10.8. The molecule has 0 bridgehead atoms. The second kappa shape index (κ2) is 5.52. The molecule has 0 fully saturated rings. The molecule has 0 saturated carbocycles. The molecule has 0 heterocycles. The van der Waals surface area contributed by atoms with E-state index in [4.69, 9.17) is 15.6 Å². The van der Waals surface area contributed by atoms with Gasteiger partial charge in [-0.2, -0.15) is 0 Å². The molecule has 0 aliphatic rings. The molecule has 0 aliphatic carbocycles. The predicted molar refractivity (Wildman–Crippen MR) is 78.8 cm³/mol. The number of anilines is 3. The Balaban J connectivity index is 2.26. The molecule has 5 nitrogen and oxygen atoms in total. The zero-order valence-corrected chi connectivity index (χ0v) is 11.3. The van der Waals surface area contributed by atoms with Crippen LogP contribution in [0.25, 0.3) is 0 Å². The molecule has 0 amide bonds. The first-order chi connectivity index (χ1) is 9.51. The minimum absolute atomic E-state index is 0.166. The van der Waals surface area contributed by atoms with E-state index in [2.05, 4.69) is 5.32 Å². The van der Waals surface area contributed by atoms with Crippen LogP contribution in [0.1, 0.15) is 15.9 Å². The number of carboxylic acid groups (broad SMARTS) is 1. The van der Waals surface area contributed by atoms with Crippen molar-refractivity contribution in [2.45, 2.75) is 6.92 Å². The topological polar surface area (TPSA) is 84.6 Å². The summed E-state index contributed by atoms with van der Waals surface area (Å²) in [5, 5.41) is 12.1. The molecule has 0 unspecified atom stereocenters. The standard InChI is InChI=1S/C15H16N2O3/c1-9-7-11(4-6-14(9)20-2)17-13-5-3-10(15(18)19)8-12(13)16/h3-8,17H,16H2,1-2H3,(H,18,19). The van der Waals surface area contributed by atoms with Gasteiger partial charge < -0.3 is 20.9 Å². The molecule has 0 aliphatic heterocycles. The van der Waals surface area contributed by atoms with Crippen LogP contribution in [0.5, 0.6) is 5.75 Å². The van der Waals surface area contributed by atoms with Crippen molar-refractivity contribution in [3.8, 4) is 5.75 Å². The second-order valence-electron chi connectivity index (χ2n) is 4.42. The summed E-state index contributed by atoms with van der Waals surface area (Å²) >= 11 is 0. The number of aryl methyl sites for hydroxylation is 1. The molecule has 2 aromatic carbocycles. The van der Waals surface area contributed by atoms with E-state index < -0.39 is 5.97 Å². The molecule has 2 rings (SSSR count). The summed E-state index contributed by atoms with van der Waals surface area (Å²) in [7, 11) is 1.62. The van der Waals surface area contributed by atoms with Crippen molar-refractivity contribution in [1.82, 2.24) is 0 Å². The predicted octanol–water partition coefficient (Wildman–Crippen LogP) is 3.03. The monoisotopic (exact) mass is 272 g/mol. The fourth-order valence-corrected chi connectivity index (χ4v) is 1.92. The van der Waals surface area contributed by atoms with E-state index in [1.807, 2.05) is 25.1 Å². The molecule has 0 radical (unpaired) electrons. The molecule has 0 aromatic heterocycles. The van der Waals surface area contributed by atoms with E-state index in [-0.39, 0.29) is 5.56 Å². The van der Waals surface area contributed by atoms with Gasteiger partial charge >= 0.3 is 5.97 Å². The third kappa shape index (κ3) is 2.83. The Morgan fingerprint density at radius 2 is 2.00 bits per heavy atom. The highest BCUT2D eigenvalue weighted by Crippen LogP contribution is 2.27. The first-order valence-electron chi connectivity index (χ1n) is 6.05. The highest BCUT2D eigenvalue weighted by Gasteiger charge is 2.07. The number of nitrogens with two attached hydrogens (primary N) is 1. The number of nitrogen functional groups attached to an aromatic ring is 1. The molecule has 4 N–H and O–H groups in total. The third-order valence-electron chi connectivity index (χ3n) is 2.97. The SMILES string of the molecule is COc1ccc(Nc2ccc(C(=O)O)cc2N)cc1C.